The number of unbranched alkanes of at least 4 members (excludes halogenated alkanes) is 1. The second kappa shape index (κ2) is 10.0. The van der Waals surface area contributed by atoms with Crippen molar-refractivity contribution >= 4 is 33.1 Å². The Bertz CT molecular complexity index is 1190. The molecule has 0 unspecified atom stereocenters. The van der Waals surface area contributed by atoms with E-state index in [0.717, 1.165) is 12.8 Å². The smallest absolute Gasteiger partial charge is 0.330 e. The molecular formula is C21H26BrN5O4. The van der Waals surface area contributed by atoms with Crippen molar-refractivity contribution in [2.24, 2.45) is 5.92 Å². The molecule has 166 valence electrons. The van der Waals surface area contributed by atoms with Crippen LogP contribution < -0.4 is 16.0 Å². The van der Waals surface area contributed by atoms with E-state index in [9.17, 15) is 14.4 Å². The first-order valence-electron chi connectivity index (χ1n) is 10.3. The molecular weight excluding hydrogens is 466 g/mol. The van der Waals surface area contributed by atoms with E-state index < -0.39 is 17.2 Å². The number of hydrogen-bond donors (Lipinski definition) is 1. The van der Waals surface area contributed by atoms with Gasteiger partial charge in [-0.2, -0.15) is 0 Å². The maximum atomic E-state index is 12.6. The van der Waals surface area contributed by atoms with Gasteiger partial charge in [0.1, 0.15) is 10.4 Å². The van der Waals surface area contributed by atoms with Crippen molar-refractivity contribution in [2.45, 2.75) is 59.5 Å². The Hall–Kier alpha value is -2.75. The highest BCUT2D eigenvalue weighted by atomic mass is 79.9. The second-order valence-corrected chi connectivity index (χ2v) is 8.49. The van der Waals surface area contributed by atoms with Crippen LogP contribution in [0.15, 0.2) is 32.5 Å². The van der Waals surface area contributed by atoms with Crippen LogP contribution in [0.5, 0.6) is 5.75 Å². The summed E-state index contributed by atoms with van der Waals surface area (Å²) in [5.74, 6) is 0.722. The van der Waals surface area contributed by atoms with E-state index in [0.29, 0.717) is 40.4 Å². The van der Waals surface area contributed by atoms with Gasteiger partial charge in [-0.15, -0.1) is 0 Å². The molecule has 0 bridgehead atoms. The van der Waals surface area contributed by atoms with Crippen LogP contribution in [-0.4, -0.2) is 30.1 Å². The van der Waals surface area contributed by atoms with Crippen molar-refractivity contribution in [1.82, 2.24) is 24.1 Å². The predicted octanol–water partition coefficient (Wildman–Crippen LogP) is 3.04. The van der Waals surface area contributed by atoms with Crippen LogP contribution in [-0.2, 0) is 24.3 Å². The Labute approximate surface area is 187 Å². The van der Waals surface area contributed by atoms with E-state index in [-0.39, 0.29) is 18.8 Å². The van der Waals surface area contributed by atoms with Gasteiger partial charge in [-0.05, 0) is 40.4 Å². The number of pyridine rings is 1. The number of nitrogens with zero attached hydrogens (tertiary/aromatic N) is 4. The zero-order valence-corrected chi connectivity index (χ0v) is 19.4. The molecule has 0 fully saturated rings. The number of fused-ring (bicyclic) bond motifs is 1. The molecule has 9 nitrogen and oxygen atoms in total. The van der Waals surface area contributed by atoms with Crippen molar-refractivity contribution in [3.05, 3.63) is 49.6 Å². The number of ether oxygens (including phenoxy) is 1. The van der Waals surface area contributed by atoms with Crippen LogP contribution in [0.4, 0.5) is 0 Å². The fraction of sp³-hybridized carbons (Fsp3) is 0.476. The van der Waals surface area contributed by atoms with E-state index in [1.54, 1.807) is 18.3 Å². The number of nitrogens with one attached hydrogen (secondary N) is 1. The van der Waals surface area contributed by atoms with Gasteiger partial charge in [-0.25, -0.2) is 14.8 Å². The van der Waals surface area contributed by atoms with Crippen LogP contribution in [0.25, 0.3) is 11.2 Å². The Kier molecular flexibility index (Phi) is 7.42. The Morgan fingerprint density at radius 2 is 2.06 bits per heavy atom. The number of aromatic nitrogens is 5. The molecule has 3 aromatic rings. The van der Waals surface area contributed by atoms with Gasteiger partial charge in [0.05, 0.1) is 6.42 Å². The van der Waals surface area contributed by atoms with Gasteiger partial charge in [0.2, 0.25) is 0 Å². The molecule has 10 heteroatoms. The lowest BCUT2D eigenvalue weighted by Crippen LogP contribution is -2.31. The maximum Gasteiger partial charge on any atom is 0.330 e. The number of esters is 1. The first kappa shape index (κ1) is 22.9. The fourth-order valence-electron chi connectivity index (χ4n) is 3.33. The fourth-order valence-corrected chi connectivity index (χ4v) is 3.66. The average molecular weight is 492 g/mol. The highest BCUT2D eigenvalue weighted by molar-refractivity contribution is 9.10. The second-order valence-electron chi connectivity index (χ2n) is 7.74. The van der Waals surface area contributed by atoms with Crippen LogP contribution >= 0.6 is 15.9 Å². The normalized spacial score (nSPS) is 11.4. The molecule has 0 aliphatic carbocycles. The number of H-pyrrole nitrogens is 1. The number of imidazole rings is 1. The third kappa shape index (κ3) is 5.30. The third-order valence-electron chi connectivity index (χ3n) is 4.75. The zero-order valence-electron chi connectivity index (χ0n) is 17.9. The van der Waals surface area contributed by atoms with Gasteiger partial charge in [0.15, 0.2) is 16.9 Å². The van der Waals surface area contributed by atoms with Gasteiger partial charge in [-0.3, -0.25) is 19.1 Å². The molecule has 3 heterocycles. The molecule has 0 saturated heterocycles. The SMILES string of the molecule is CCCCn1c(=O)[nH]c(=O)c2c1nc(CCC(=O)Oc1cccnc1Br)n2CC(C)C. The van der Waals surface area contributed by atoms with Crippen LogP contribution in [0.2, 0.25) is 0 Å². The minimum atomic E-state index is -0.465. The molecule has 0 aliphatic heterocycles. The first-order chi connectivity index (χ1) is 14.8. The number of carbonyl (C=O) groups is 1. The molecule has 0 atom stereocenters. The van der Waals surface area contributed by atoms with Gasteiger partial charge in [0.25, 0.3) is 5.56 Å². The van der Waals surface area contributed by atoms with E-state index in [2.05, 4.69) is 30.9 Å². The molecule has 0 saturated carbocycles. The standard InChI is InChI=1S/C21H26BrN5O4/c1-4-5-11-26-19-17(20(29)25-21(26)30)27(12-13(2)3)15(24-19)8-9-16(28)31-14-7-6-10-23-18(14)22/h6-7,10,13H,4-5,8-9,11-12H2,1-3H3,(H,25,29,30). The largest absolute Gasteiger partial charge is 0.424 e. The molecule has 3 aromatic heterocycles. The number of aryl methyl sites for hydroxylation is 2. The third-order valence-corrected chi connectivity index (χ3v) is 5.34. The molecule has 0 aromatic carbocycles. The summed E-state index contributed by atoms with van der Waals surface area (Å²) in [5, 5.41) is 0. The molecule has 3 rings (SSSR count). The lowest BCUT2D eigenvalue weighted by Gasteiger charge is -2.11. The number of carbonyl (C=O) groups excluding carboxylic acids is 1. The Balaban J connectivity index is 1.94. The summed E-state index contributed by atoms with van der Waals surface area (Å²) in [6.45, 7) is 7.11. The minimum absolute atomic E-state index is 0.0693. The number of aromatic amines is 1. The van der Waals surface area contributed by atoms with Gasteiger partial charge in [0, 0.05) is 25.7 Å². The van der Waals surface area contributed by atoms with E-state index in [1.165, 1.54) is 4.57 Å². The zero-order chi connectivity index (χ0) is 22.5. The summed E-state index contributed by atoms with van der Waals surface area (Å²) in [7, 11) is 0. The molecule has 0 amide bonds. The van der Waals surface area contributed by atoms with Gasteiger partial charge < -0.3 is 9.30 Å². The average Bonchev–Trinajstić information content (AvgIpc) is 3.06. The molecule has 31 heavy (non-hydrogen) atoms. The van der Waals surface area contributed by atoms with E-state index in [1.807, 2.05) is 25.3 Å². The Morgan fingerprint density at radius 3 is 2.74 bits per heavy atom. The van der Waals surface area contributed by atoms with E-state index >= 15 is 0 Å². The molecule has 0 aliphatic rings. The van der Waals surface area contributed by atoms with Crippen molar-refractivity contribution < 1.29 is 9.53 Å². The summed E-state index contributed by atoms with van der Waals surface area (Å²) < 4.78 is 9.14. The maximum absolute atomic E-state index is 12.6. The number of rotatable bonds is 9. The molecule has 1 N–H and O–H groups in total. The summed E-state index contributed by atoms with van der Waals surface area (Å²) in [4.78, 5) is 48.4. The van der Waals surface area contributed by atoms with Crippen LogP contribution in [0.3, 0.4) is 0 Å². The highest BCUT2D eigenvalue weighted by Gasteiger charge is 2.20. The highest BCUT2D eigenvalue weighted by Crippen LogP contribution is 2.22. The van der Waals surface area contributed by atoms with Crippen LogP contribution in [0.1, 0.15) is 45.9 Å². The lowest BCUT2D eigenvalue weighted by molar-refractivity contribution is -0.134. The van der Waals surface area contributed by atoms with Crippen molar-refractivity contribution in [2.75, 3.05) is 0 Å². The lowest BCUT2D eigenvalue weighted by atomic mass is 10.2. The van der Waals surface area contributed by atoms with Crippen molar-refractivity contribution in [3.8, 4) is 5.75 Å². The summed E-state index contributed by atoms with van der Waals surface area (Å²) in [6, 6.07) is 3.33. The summed E-state index contributed by atoms with van der Waals surface area (Å²) >= 11 is 3.25. The summed E-state index contributed by atoms with van der Waals surface area (Å²) in [6.07, 6.45) is 3.63. The predicted molar refractivity (Wildman–Crippen MR) is 120 cm³/mol. The monoisotopic (exact) mass is 491 g/mol. The number of halogens is 1. The first-order valence-corrected chi connectivity index (χ1v) is 11.1. The van der Waals surface area contributed by atoms with Gasteiger partial charge >= 0.3 is 11.7 Å². The summed E-state index contributed by atoms with van der Waals surface area (Å²) in [5.41, 5.74) is -0.203. The van der Waals surface area contributed by atoms with Crippen molar-refractivity contribution in [3.63, 3.8) is 0 Å². The quantitative estimate of drug-likeness (QED) is 0.363. The molecule has 0 spiro atoms. The van der Waals surface area contributed by atoms with Crippen molar-refractivity contribution in [1.29, 1.82) is 0 Å². The number of hydrogen-bond acceptors (Lipinski definition) is 6. The Morgan fingerprint density at radius 1 is 1.29 bits per heavy atom. The minimum Gasteiger partial charge on any atom is -0.424 e. The van der Waals surface area contributed by atoms with Gasteiger partial charge in [-0.1, -0.05) is 27.2 Å². The van der Waals surface area contributed by atoms with E-state index in [4.69, 9.17) is 4.74 Å². The van der Waals surface area contributed by atoms with Crippen LogP contribution in [0, 0.1) is 5.92 Å². The topological polar surface area (TPSA) is 112 Å². The molecule has 0 radical (unpaired) electrons.